The van der Waals surface area contributed by atoms with Crippen LogP contribution in [0.15, 0.2) is 35.2 Å². The van der Waals surface area contributed by atoms with E-state index in [1.807, 2.05) is 11.0 Å². The number of ether oxygens (including phenoxy) is 1. The Kier molecular flexibility index (Phi) is 4.79. The van der Waals surface area contributed by atoms with Crippen molar-refractivity contribution in [1.82, 2.24) is 9.21 Å². The van der Waals surface area contributed by atoms with Gasteiger partial charge in [0, 0.05) is 44.8 Å². The molecule has 1 atom stereocenters. The third-order valence-corrected chi connectivity index (χ3v) is 8.03. The fourth-order valence-corrected chi connectivity index (χ4v) is 6.20. The highest BCUT2D eigenvalue weighted by atomic mass is 32.2. The maximum atomic E-state index is 13.2. The van der Waals surface area contributed by atoms with Crippen LogP contribution in [0.4, 0.5) is 0 Å². The first-order chi connectivity index (χ1) is 12.5. The van der Waals surface area contributed by atoms with Gasteiger partial charge in [0.05, 0.1) is 10.8 Å². The zero-order valence-electron chi connectivity index (χ0n) is 15.0. The molecule has 0 aromatic heterocycles. The van der Waals surface area contributed by atoms with Crippen LogP contribution in [-0.2, 0) is 19.6 Å². The number of hydrogen-bond donors (Lipinski definition) is 0. The predicted molar refractivity (Wildman–Crippen MR) is 97.0 cm³/mol. The molecule has 0 N–H and O–H groups in total. The molecule has 3 saturated heterocycles. The zero-order chi connectivity index (χ0) is 18.2. The SMILES string of the molecule is O=C(C1CN(S(=O)(=O)c2ccccc2)CC12CCOCC2)N1CCCC1. The Morgan fingerprint density at radius 1 is 1.08 bits per heavy atom. The van der Waals surface area contributed by atoms with E-state index in [-0.39, 0.29) is 23.8 Å². The van der Waals surface area contributed by atoms with Gasteiger partial charge in [-0.2, -0.15) is 4.31 Å². The summed E-state index contributed by atoms with van der Waals surface area (Å²) in [4.78, 5) is 15.4. The second kappa shape index (κ2) is 6.94. The van der Waals surface area contributed by atoms with Crippen molar-refractivity contribution in [3.8, 4) is 0 Å². The Hall–Kier alpha value is -1.44. The van der Waals surface area contributed by atoms with Gasteiger partial charge in [-0.1, -0.05) is 18.2 Å². The number of amides is 1. The highest BCUT2D eigenvalue weighted by Gasteiger charge is 2.54. The third kappa shape index (κ3) is 3.06. The number of carbonyl (C=O) groups excluding carboxylic acids is 1. The van der Waals surface area contributed by atoms with E-state index in [4.69, 9.17) is 4.74 Å². The number of benzene rings is 1. The molecule has 0 aliphatic carbocycles. The molecule has 1 aromatic rings. The molecular weight excluding hydrogens is 352 g/mol. The standard InChI is InChI=1S/C19H26N2O4S/c22-18(20-10-4-5-11-20)17-14-21(15-19(17)8-12-25-13-9-19)26(23,24)16-6-2-1-3-7-16/h1-3,6-7,17H,4-5,8-15H2. The van der Waals surface area contributed by atoms with Crippen molar-refractivity contribution in [2.75, 3.05) is 39.4 Å². The third-order valence-electron chi connectivity index (χ3n) is 6.20. The maximum absolute atomic E-state index is 13.2. The molecule has 0 saturated carbocycles. The van der Waals surface area contributed by atoms with Gasteiger partial charge < -0.3 is 9.64 Å². The van der Waals surface area contributed by atoms with Gasteiger partial charge in [-0.25, -0.2) is 8.42 Å². The van der Waals surface area contributed by atoms with Crippen molar-refractivity contribution in [3.05, 3.63) is 30.3 Å². The molecule has 4 rings (SSSR count). The summed E-state index contributed by atoms with van der Waals surface area (Å²) in [5.41, 5.74) is -0.292. The Labute approximate surface area is 155 Å². The van der Waals surface area contributed by atoms with Crippen molar-refractivity contribution in [2.24, 2.45) is 11.3 Å². The minimum Gasteiger partial charge on any atom is -0.381 e. The van der Waals surface area contributed by atoms with Crippen LogP contribution < -0.4 is 0 Å². The molecular formula is C19H26N2O4S. The van der Waals surface area contributed by atoms with Crippen LogP contribution in [0.2, 0.25) is 0 Å². The van der Waals surface area contributed by atoms with E-state index in [1.54, 1.807) is 24.3 Å². The molecule has 7 heteroatoms. The fraction of sp³-hybridized carbons (Fsp3) is 0.632. The first kappa shape index (κ1) is 17.9. The Bertz CT molecular complexity index is 753. The number of rotatable bonds is 3. The van der Waals surface area contributed by atoms with Gasteiger partial charge in [0.1, 0.15) is 0 Å². The van der Waals surface area contributed by atoms with E-state index >= 15 is 0 Å². The van der Waals surface area contributed by atoms with Crippen molar-refractivity contribution in [3.63, 3.8) is 0 Å². The van der Waals surface area contributed by atoms with Gasteiger partial charge >= 0.3 is 0 Å². The molecule has 1 aromatic carbocycles. The molecule has 0 bridgehead atoms. The van der Waals surface area contributed by atoms with Crippen molar-refractivity contribution in [1.29, 1.82) is 0 Å². The van der Waals surface area contributed by atoms with E-state index in [1.165, 1.54) is 4.31 Å². The molecule has 3 heterocycles. The summed E-state index contributed by atoms with van der Waals surface area (Å²) in [6.07, 6.45) is 3.58. The lowest BCUT2D eigenvalue weighted by molar-refractivity contribution is -0.139. The molecule has 0 radical (unpaired) electrons. The highest BCUT2D eigenvalue weighted by Crippen LogP contribution is 2.46. The summed E-state index contributed by atoms with van der Waals surface area (Å²) in [6, 6.07) is 8.53. The Balaban J connectivity index is 1.64. The molecule has 3 fully saturated rings. The second-order valence-corrected chi connectivity index (χ2v) is 9.61. The molecule has 1 unspecified atom stereocenters. The van der Waals surface area contributed by atoms with E-state index in [2.05, 4.69) is 0 Å². The van der Waals surface area contributed by atoms with Gasteiger partial charge in [-0.05, 0) is 37.8 Å². The average Bonchev–Trinajstić information content (AvgIpc) is 3.32. The molecule has 6 nitrogen and oxygen atoms in total. The van der Waals surface area contributed by atoms with Gasteiger partial charge in [-0.15, -0.1) is 0 Å². The van der Waals surface area contributed by atoms with Crippen molar-refractivity contribution < 1.29 is 17.9 Å². The number of nitrogens with zero attached hydrogens (tertiary/aromatic N) is 2. The van der Waals surface area contributed by atoms with Crippen LogP contribution in [0, 0.1) is 11.3 Å². The first-order valence-electron chi connectivity index (χ1n) is 9.45. The maximum Gasteiger partial charge on any atom is 0.243 e. The lowest BCUT2D eigenvalue weighted by Crippen LogP contribution is -2.45. The highest BCUT2D eigenvalue weighted by molar-refractivity contribution is 7.89. The Morgan fingerprint density at radius 3 is 2.38 bits per heavy atom. The largest absolute Gasteiger partial charge is 0.381 e. The van der Waals surface area contributed by atoms with Crippen LogP contribution in [0.25, 0.3) is 0 Å². The topological polar surface area (TPSA) is 66.9 Å². The van der Waals surface area contributed by atoms with Crippen LogP contribution >= 0.6 is 0 Å². The van der Waals surface area contributed by atoms with E-state index in [9.17, 15) is 13.2 Å². The molecule has 26 heavy (non-hydrogen) atoms. The van der Waals surface area contributed by atoms with Crippen molar-refractivity contribution >= 4 is 15.9 Å². The average molecular weight is 378 g/mol. The van der Waals surface area contributed by atoms with Gasteiger partial charge in [-0.3, -0.25) is 4.79 Å². The van der Waals surface area contributed by atoms with Gasteiger partial charge in [0.2, 0.25) is 15.9 Å². The number of carbonyl (C=O) groups is 1. The molecule has 3 aliphatic rings. The van der Waals surface area contributed by atoms with Gasteiger partial charge in [0.15, 0.2) is 0 Å². The summed E-state index contributed by atoms with van der Waals surface area (Å²) in [6.45, 7) is 3.50. The minimum absolute atomic E-state index is 0.134. The smallest absolute Gasteiger partial charge is 0.243 e. The van der Waals surface area contributed by atoms with E-state index < -0.39 is 10.0 Å². The molecule has 1 spiro atoms. The molecule has 3 aliphatic heterocycles. The monoisotopic (exact) mass is 378 g/mol. The lowest BCUT2D eigenvalue weighted by atomic mass is 9.71. The van der Waals surface area contributed by atoms with Crippen LogP contribution in [0.1, 0.15) is 25.7 Å². The van der Waals surface area contributed by atoms with Crippen molar-refractivity contribution in [2.45, 2.75) is 30.6 Å². The predicted octanol–water partition coefficient (Wildman–Crippen LogP) is 1.73. The quantitative estimate of drug-likeness (QED) is 0.803. The summed E-state index contributed by atoms with van der Waals surface area (Å²) in [5, 5.41) is 0. The zero-order valence-corrected chi connectivity index (χ0v) is 15.8. The normalized spacial score (nSPS) is 26.5. The van der Waals surface area contributed by atoms with E-state index in [0.717, 1.165) is 38.8 Å². The number of likely N-dealkylation sites (tertiary alicyclic amines) is 1. The fourth-order valence-electron chi connectivity index (χ4n) is 4.63. The lowest BCUT2D eigenvalue weighted by Gasteiger charge is -2.38. The summed E-state index contributed by atoms with van der Waals surface area (Å²) in [5.74, 6) is -0.127. The number of hydrogen-bond acceptors (Lipinski definition) is 4. The second-order valence-electron chi connectivity index (χ2n) is 7.67. The van der Waals surface area contributed by atoms with Crippen LogP contribution in [0.5, 0.6) is 0 Å². The molecule has 142 valence electrons. The van der Waals surface area contributed by atoms with Gasteiger partial charge in [0.25, 0.3) is 0 Å². The molecule has 1 amide bonds. The Morgan fingerprint density at radius 2 is 1.73 bits per heavy atom. The van der Waals surface area contributed by atoms with Crippen LogP contribution in [-0.4, -0.2) is 62.9 Å². The summed E-state index contributed by atoms with van der Waals surface area (Å²) < 4.78 is 33.3. The number of sulfonamides is 1. The summed E-state index contributed by atoms with van der Waals surface area (Å²) in [7, 11) is -3.58. The summed E-state index contributed by atoms with van der Waals surface area (Å²) >= 11 is 0. The van der Waals surface area contributed by atoms with Crippen LogP contribution in [0.3, 0.4) is 0 Å². The van der Waals surface area contributed by atoms with E-state index in [0.29, 0.717) is 24.7 Å². The first-order valence-corrected chi connectivity index (χ1v) is 10.9. The minimum atomic E-state index is -3.58.